The highest BCUT2D eigenvalue weighted by Gasteiger charge is 2.12. The molecule has 7 heteroatoms. The Morgan fingerprint density at radius 1 is 1.11 bits per heavy atom. The molecule has 0 fully saturated rings. The predicted molar refractivity (Wildman–Crippen MR) is 119 cm³/mol. The summed E-state index contributed by atoms with van der Waals surface area (Å²) < 4.78 is 3.80. The zero-order chi connectivity index (χ0) is 20.5. The molecular weight excluding hydrogens is 368 g/mol. The second-order valence-electron chi connectivity index (χ2n) is 6.13. The second kappa shape index (κ2) is 10.6. The van der Waals surface area contributed by atoms with Crippen LogP contribution in [0.5, 0.6) is 0 Å². The number of unbranched alkanes of at least 4 members (excludes halogenated alkanes) is 1. The molecule has 28 heavy (non-hydrogen) atoms. The molecule has 150 valence electrons. The van der Waals surface area contributed by atoms with Crippen LogP contribution in [0, 0.1) is 6.92 Å². The van der Waals surface area contributed by atoms with E-state index in [-0.39, 0.29) is 0 Å². The van der Waals surface area contributed by atoms with Gasteiger partial charge in [-0.05, 0) is 23.9 Å². The fourth-order valence-electron chi connectivity index (χ4n) is 2.39. The molecule has 0 atom stereocenters. The number of aryl methyl sites for hydroxylation is 2. The van der Waals surface area contributed by atoms with Gasteiger partial charge in [0.2, 0.25) is 0 Å². The Bertz CT molecular complexity index is 980. The van der Waals surface area contributed by atoms with Gasteiger partial charge in [0.15, 0.2) is 11.5 Å². The molecule has 0 bridgehead atoms. The van der Waals surface area contributed by atoms with Crippen molar-refractivity contribution >= 4 is 27.8 Å². The first-order chi connectivity index (χ1) is 13.6. The van der Waals surface area contributed by atoms with E-state index in [1.165, 1.54) is 18.4 Å². The number of anilines is 2. The van der Waals surface area contributed by atoms with Gasteiger partial charge < -0.3 is 5.32 Å². The summed E-state index contributed by atoms with van der Waals surface area (Å²) in [6.45, 7) is 10.4. The summed E-state index contributed by atoms with van der Waals surface area (Å²) in [5, 5.41) is 10.7. The summed E-state index contributed by atoms with van der Waals surface area (Å²) in [5.41, 5.74) is 4.06. The topological polar surface area (TPSA) is 60.0 Å². The largest absolute Gasteiger partial charge is 0.329 e. The molecule has 0 aliphatic rings. The van der Waals surface area contributed by atoms with Crippen LogP contribution in [-0.4, -0.2) is 24.1 Å². The van der Waals surface area contributed by atoms with Crippen LogP contribution in [0.15, 0.2) is 42.4 Å². The Balaban J connectivity index is 0.000000419. The van der Waals surface area contributed by atoms with Crippen molar-refractivity contribution in [3.05, 3.63) is 48.0 Å². The van der Waals surface area contributed by atoms with Gasteiger partial charge in [-0.1, -0.05) is 40.5 Å². The molecule has 0 radical (unpaired) electrons. The lowest BCUT2D eigenvalue weighted by molar-refractivity contribution is 0.768. The molecule has 0 saturated carbocycles. The van der Waals surface area contributed by atoms with E-state index >= 15 is 0 Å². The van der Waals surface area contributed by atoms with Crippen molar-refractivity contribution in [2.24, 2.45) is 7.05 Å². The summed E-state index contributed by atoms with van der Waals surface area (Å²) in [6.07, 6.45) is 12.0. The van der Waals surface area contributed by atoms with Crippen molar-refractivity contribution in [2.75, 3.05) is 5.32 Å². The molecule has 4 aromatic heterocycles. The third kappa shape index (κ3) is 5.19. The molecule has 0 spiro atoms. The molecule has 0 aliphatic heterocycles. The lowest BCUT2D eigenvalue weighted by atomic mass is 10.3. The van der Waals surface area contributed by atoms with Crippen LogP contribution in [0.1, 0.15) is 46.1 Å². The maximum atomic E-state index is 4.51. The standard InChI is InChI=1S/C15H14N6S.C4H10.C2H6/c1-10-5-13(22-9-10)19-14-15-17-7-12(21(15)4-3-16-14)11-6-18-20(2)8-11;1-3-4-2;1-2/h3-9H,1-2H3,(H,16,19);3-4H2,1-2H3;1-2H3. The normalized spacial score (nSPS) is 10.1. The Kier molecular flexibility index (Phi) is 8.19. The number of fused-ring (bicyclic) bond motifs is 1. The van der Waals surface area contributed by atoms with Gasteiger partial charge in [0.05, 0.1) is 23.1 Å². The zero-order valence-corrected chi connectivity index (χ0v) is 18.4. The third-order valence-corrected chi connectivity index (χ3v) is 4.86. The molecule has 6 nitrogen and oxygen atoms in total. The number of aromatic nitrogens is 5. The summed E-state index contributed by atoms with van der Waals surface area (Å²) in [6, 6.07) is 2.10. The number of rotatable bonds is 4. The number of nitrogens with one attached hydrogen (secondary N) is 1. The van der Waals surface area contributed by atoms with Gasteiger partial charge in [0, 0.05) is 31.2 Å². The summed E-state index contributed by atoms with van der Waals surface area (Å²) in [7, 11) is 1.90. The van der Waals surface area contributed by atoms with E-state index in [0.29, 0.717) is 0 Å². The van der Waals surface area contributed by atoms with E-state index in [0.717, 1.165) is 27.7 Å². The van der Waals surface area contributed by atoms with E-state index < -0.39 is 0 Å². The number of nitrogens with zero attached hydrogens (tertiary/aromatic N) is 5. The van der Waals surface area contributed by atoms with E-state index in [4.69, 9.17) is 0 Å². The van der Waals surface area contributed by atoms with Gasteiger partial charge >= 0.3 is 0 Å². The molecule has 4 aromatic rings. The van der Waals surface area contributed by atoms with Crippen LogP contribution < -0.4 is 5.32 Å². The van der Waals surface area contributed by atoms with Crippen LogP contribution in [0.4, 0.5) is 10.8 Å². The summed E-state index contributed by atoms with van der Waals surface area (Å²) >= 11 is 1.66. The SMILES string of the molecule is CC.CCCC.Cc1csc(Nc2nccn3c(-c4cnn(C)c4)cnc23)c1. The van der Waals surface area contributed by atoms with Crippen LogP contribution in [0.2, 0.25) is 0 Å². The highest BCUT2D eigenvalue weighted by atomic mass is 32.1. The molecule has 1 N–H and O–H groups in total. The molecule has 4 heterocycles. The Labute approximate surface area is 171 Å². The van der Waals surface area contributed by atoms with Crippen LogP contribution >= 0.6 is 11.3 Å². The highest BCUT2D eigenvalue weighted by molar-refractivity contribution is 7.14. The molecule has 0 saturated heterocycles. The number of hydrogen-bond donors (Lipinski definition) is 1. The molecule has 4 rings (SSSR count). The molecule has 0 aromatic carbocycles. The molecule has 0 unspecified atom stereocenters. The summed E-state index contributed by atoms with van der Waals surface area (Å²) in [4.78, 5) is 8.93. The van der Waals surface area contributed by atoms with Crippen LogP contribution in [0.25, 0.3) is 16.9 Å². The molecular formula is C21H30N6S. The Hall–Kier alpha value is -2.67. The first-order valence-electron chi connectivity index (χ1n) is 9.75. The third-order valence-electron chi connectivity index (χ3n) is 3.90. The van der Waals surface area contributed by atoms with Gasteiger partial charge in [0.1, 0.15) is 0 Å². The zero-order valence-electron chi connectivity index (χ0n) is 17.6. The van der Waals surface area contributed by atoms with E-state index in [2.05, 4.69) is 52.6 Å². The quantitative estimate of drug-likeness (QED) is 0.453. The number of thiophene rings is 1. The fourth-order valence-corrected chi connectivity index (χ4v) is 3.18. The van der Waals surface area contributed by atoms with Gasteiger partial charge in [-0.25, -0.2) is 9.97 Å². The lowest BCUT2D eigenvalue weighted by Crippen LogP contribution is -1.97. The smallest absolute Gasteiger partial charge is 0.180 e. The van der Waals surface area contributed by atoms with Gasteiger partial charge in [-0.2, -0.15) is 5.10 Å². The minimum Gasteiger partial charge on any atom is -0.329 e. The predicted octanol–water partition coefficient (Wildman–Crippen LogP) is 6.08. The van der Waals surface area contributed by atoms with E-state index in [1.807, 2.05) is 50.1 Å². The average molecular weight is 399 g/mol. The van der Waals surface area contributed by atoms with Gasteiger partial charge in [0.25, 0.3) is 0 Å². The van der Waals surface area contributed by atoms with Crippen molar-refractivity contribution in [3.63, 3.8) is 0 Å². The van der Waals surface area contributed by atoms with E-state index in [9.17, 15) is 0 Å². The first kappa shape index (κ1) is 21.6. The highest BCUT2D eigenvalue weighted by Crippen LogP contribution is 2.27. The number of hydrogen-bond acceptors (Lipinski definition) is 5. The maximum Gasteiger partial charge on any atom is 0.180 e. The average Bonchev–Trinajstić information content (AvgIpc) is 3.44. The lowest BCUT2D eigenvalue weighted by Gasteiger charge is -2.05. The van der Waals surface area contributed by atoms with Crippen molar-refractivity contribution in [3.8, 4) is 11.3 Å². The van der Waals surface area contributed by atoms with Crippen molar-refractivity contribution in [1.29, 1.82) is 0 Å². The van der Waals surface area contributed by atoms with Crippen molar-refractivity contribution in [2.45, 2.75) is 47.5 Å². The molecule has 0 amide bonds. The summed E-state index contributed by atoms with van der Waals surface area (Å²) in [5.74, 6) is 0.750. The van der Waals surface area contributed by atoms with E-state index in [1.54, 1.807) is 22.2 Å². The van der Waals surface area contributed by atoms with Crippen molar-refractivity contribution in [1.82, 2.24) is 24.1 Å². The minimum absolute atomic E-state index is 0.750. The minimum atomic E-state index is 0.750. The number of imidazole rings is 1. The second-order valence-corrected chi connectivity index (χ2v) is 7.04. The first-order valence-corrected chi connectivity index (χ1v) is 10.6. The van der Waals surface area contributed by atoms with Gasteiger partial charge in [-0.3, -0.25) is 9.08 Å². The van der Waals surface area contributed by atoms with Gasteiger partial charge in [-0.15, -0.1) is 11.3 Å². The monoisotopic (exact) mass is 398 g/mol. The Morgan fingerprint density at radius 2 is 1.86 bits per heavy atom. The van der Waals surface area contributed by atoms with Crippen LogP contribution in [-0.2, 0) is 7.05 Å². The van der Waals surface area contributed by atoms with Crippen molar-refractivity contribution < 1.29 is 0 Å². The molecule has 0 aliphatic carbocycles. The van der Waals surface area contributed by atoms with Crippen LogP contribution in [0.3, 0.4) is 0 Å². The fraction of sp³-hybridized carbons (Fsp3) is 0.381. The maximum absolute atomic E-state index is 4.51. The Morgan fingerprint density at radius 3 is 2.43 bits per heavy atom.